The van der Waals surface area contributed by atoms with Gasteiger partial charge in [-0.2, -0.15) is 0 Å². The molecule has 3 rings (SSSR count). The summed E-state index contributed by atoms with van der Waals surface area (Å²) in [4.78, 5) is 16.7. The number of carbonyl (C=O) groups excluding carboxylic acids is 1. The van der Waals surface area contributed by atoms with E-state index in [4.69, 9.17) is 0 Å². The summed E-state index contributed by atoms with van der Waals surface area (Å²) in [7, 11) is -2.86. The van der Waals surface area contributed by atoms with Gasteiger partial charge in [-0.1, -0.05) is 12.1 Å². The van der Waals surface area contributed by atoms with E-state index in [1.54, 1.807) is 0 Å². The first-order valence-corrected chi connectivity index (χ1v) is 10.3. The predicted octanol–water partition coefficient (Wildman–Crippen LogP) is 1.19. The Morgan fingerprint density at radius 1 is 1.19 bits per heavy atom. The average molecular weight is 424 g/mol. The number of piperazine rings is 1. The van der Waals surface area contributed by atoms with Gasteiger partial charge >= 0.3 is 0 Å². The van der Waals surface area contributed by atoms with Crippen molar-refractivity contribution in [2.45, 2.75) is 19.5 Å². The Morgan fingerprint density at radius 3 is 2.54 bits per heavy atom. The second-order valence-electron chi connectivity index (χ2n) is 6.73. The highest BCUT2D eigenvalue weighted by Gasteiger charge is 2.23. The molecular formula is C17H27Cl2N3O3S. The number of nitrogens with zero attached hydrogens (tertiary/aromatic N) is 2. The molecule has 1 atom stereocenters. The second kappa shape index (κ2) is 9.90. The minimum Gasteiger partial charge on any atom is -0.336 e. The maximum absolute atomic E-state index is 12.7. The van der Waals surface area contributed by atoms with Crippen molar-refractivity contribution in [3.8, 4) is 0 Å². The average Bonchev–Trinajstić information content (AvgIpc) is 2.56. The van der Waals surface area contributed by atoms with Gasteiger partial charge < -0.3 is 10.2 Å². The monoisotopic (exact) mass is 423 g/mol. The third-order valence-electron chi connectivity index (χ3n) is 4.67. The lowest BCUT2D eigenvalue weighted by molar-refractivity contribution is 0.0709. The molecule has 9 heteroatoms. The zero-order valence-corrected chi connectivity index (χ0v) is 17.3. The molecule has 1 N–H and O–H groups in total. The third kappa shape index (κ3) is 6.09. The van der Waals surface area contributed by atoms with Gasteiger partial charge in [-0.15, -0.1) is 24.8 Å². The van der Waals surface area contributed by atoms with Crippen molar-refractivity contribution < 1.29 is 13.2 Å². The van der Waals surface area contributed by atoms with Gasteiger partial charge in [-0.25, -0.2) is 8.42 Å². The summed E-state index contributed by atoms with van der Waals surface area (Å²) in [5.74, 6) is 0.528. The van der Waals surface area contributed by atoms with Crippen molar-refractivity contribution in [2.24, 2.45) is 0 Å². The molecule has 1 amide bonds. The fraction of sp³-hybridized carbons (Fsp3) is 0.588. The molecule has 6 nitrogen and oxygen atoms in total. The van der Waals surface area contributed by atoms with Crippen LogP contribution in [0.3, 0.4) is 0 Å². The van der Waals surface area contributed by atoms with Gasteiger partial charge in [0.15, 0.2) is 9.84 Å². The number of rotatable bonds is 3. The largest absolute Gasteiger partial charge is 0.336 e. The third-order valence-corrected chi connectivity index (χ3v) is 6.28. The fourth-order valence-corrected chi connectivity index (χ4v) is 4.55. The summed E-state index contributed by atoms with van der Waals surface area (Å²) in [5.41, 5.74) is 1.77. The Morgan fingerprint density at radius 2 is 1.88 bits per heavy atom. The number of amides is 1. The van der Waals surface area contributed by atoms with Gasteiger partial charge in [0, 0.05) is 50.9 Å². The van der Waals surface area contributed by atoms with Gasteiger partial charge in [0.05, 0.1) is 11.5 Å². The van der Waals surface area contributed by atoms with E-state index in [0.29, 0.717) is 31.2 Å². The minimum absolute atomic E-state index is 0. The highest BCUT2D eigenvalue weighted by atomic mass is 35.5. The van der Waals surface area contributed by atoms with Crippen LogP contribution in [0.1, 0.15) is 22.8 Å². The molecule has 0 bridgehead atoms. The summed E-state index contributed by atoms with van der Waals surface area (Å²) in [6.07, 6.45) is 0. The number of benzene rings is 1. The predicted molar refractivity (Wildman–Crippen MR) is 108 cm³/mol. The van der Waals surface area contributed by atoms with Crippen LogP contribution in [0, 0.1) is 0 Å². The molecule has 2 saturated heterocycles. The number of halogens is 2. The van der Waals surface area contributed by atoms with Crippen molar-refractivity contribution in [3.05, 3.63) is 35.4 Å². The first kappa shape index (κ1) is 23.2. The molecule has 1 aromatic rings. The molecule has 1 unspecified atom stereocenters. The van der Waals surface area contributed by atoms with Crippen LogP contribution >= 0.6 is 24.8 Å². The Bertz CT molecular complexity index is 701. The second-order valence-corrected chi connectivity index (χ2v) is 9.04. The summed E-state index contributed by atoms with van der Waals surface area (Å²) in [6, 6.07) is 8.04. The Labute approximate surface area is 168 Å². The molecule has 2 aliphatic heterocycles. The molecule has 0 aliphatic carbocycles. The first-order valence-electron chi connectivity index (χ1n) is 8.47. The topological polar surface area (TPSA) is 69.7 Å². The maximum atomic E-state index is 12.7. The highest BCUT2D eigenvalue weighted by Crippen LogP contribution is 2.14. The first-order chi connectivity index (χ1) is 11.4. The van der Waals surface area contributed by atoms with Gasteiger partial charge in [-0.05, 0) is 24.6 Å². The summed E-state index contributed by atoms with van der Waals surface area (Å²) >= 11 is 0. The summed E-state index contributed by atoms with van der Waals surface area (Å²) < 4.78 is 23.0. The van der Waals surface area contributed by atoms with E-state index in [9.17, 15) is 13.2 Å². The van der Waals surface area contributed by atoms with Crippen LogP contribution < -0.4 is 5.32 Å². The molecule has 2 aliphatic rings. The fourth-order valence-electron chi connectivity index (χ4n) is 3.27. The van der Waals surface area contributed by atoms with Crippen molar-refractivity contribution in [3.63, 3.8) is 0 Å². The lowest BCUT2D eigenvalue weighted by Crippen LogP contribution is -2.51. The molecule has 0 spiro atoms. The van der Waals surface area contributed by atoms with E-state index in [2.05, 4.69) is 17.1 Å². The SMILES string of the molecule is CC1CN(C(=O)c2cccc(CN3CCS(=O)(=O)CC3)c2)CCN1.Cl.Cl. The normalized spacial score (nSPS) is 22.8. The Hall–Kier alpha value is -0.860. The number of nitrogens with one attached hydrogen (secondary N) is 1. The number of carbonyl (C=O) groups is 1. The number of hydrogen-bond acceptors (Lipinski definition) is 5. The molecule has 0 aromatic heterocycles. The van der Waals surface area contributed by atoms with Crippen LogP contribution in [-0.2, 0) is 16.4 Å². The number of sulfone groups is 1. The highest BCUT2D eigenvalue weighted by molar-refractivity contribution is 7.91. The van der Waals surface area contributed by atoms with Crippen LogP contribution in [0.2, 0.25) is 0 Å². The summed E-state index contributed by atoms with van der Waals surface area (Å²) in [6.45, 7) is 6.19. The van der Waals surface area contributed by atoms with E-state index in [1.807, 2.05) is 29.2 Å². The quantitative estimate of drug-likeness (QED) is 0.790. The van der Waals surface area contributed by atoms with E-state index in [1.165, 1.54) is 0 Å². The zero-order valence-electron chi connectivity index (χ0n) is 14.9. The van der Waals surface area contributed by atoms with Crippen LogP contribution in [0.5, 0.6) is 0 Å². The molecule has 148 valence electrons. The van der Waals surface area contributed by atoms with Crippen molar-refractivity contribution in [1.82, 2.24) is 15.1 Å². The standard InChI is InChI=1S/C17H25N3O3S.2ClH/c1-14-12-20(6-5-18-14)17(21)16-4-2-3-15(11-16)13-19-7-9-24(22,23)10-8-19;;/h2-4,11,14,18H,5-10,12-13H2,1H3;2*1H. The molecule has 2 fully saturated rings. The Kier molecular flexibility index (Phi) is 8.82. The molecule has 1 aromatic carbocycles. The van der Waals surface area contributed by atoms with Gasteiger partial charge in [0.1, 0.15) is 0 Å². The van der Waals surface area contributed by atoms with E-state index >= 15 is 0 Å². The van der Waals surface area contributed by atoms with Gasteiger partial charge in [-0.3, -0.25) is 9.69 Å². The minimum atomic E-state index is -2.86. The van der Waals surface area contributed by atoms with Crippen LogP contribution in [0.15, 0.2) is 24.3 Å². The van der Waals surface area contributed by atoms with Gasteiger partial charge in [0.2, 0.25) is 0 Å². The molecule has 26 heavy (non-hydrogen) atoms. The Balaban J connectivity index is 0.00000169. The van der Waals surface area contributed by atoms with Crippen molar-refractivity contribution >= 4 is 40.6 Å². The lowest BCUT2D eigenvalue weighted by atomic mass is 10.1. The van der Waals surface area contributed by atoms with Crippen LogP contribution in [0.25, 0.3) is 0 Å². The van der Waals surface area contributed by atoms with Crippen molar-refractivity contribution in [2.75, 3.05) is 44.2 Å². The van der Waals surface area contributed by atoms with Crippen LogP contribution in [-0.4, -0.2) is 74.4 Å². The maximum Gasteiger partial charge on any atom is 0.253 e. The molecule has 0 saturated carbocycles. The summed E-state index contributed by atoms with van der Waals surface area (Å²) in [5, 5.41) is 3.34. The van der Waals surface area contributed by atoms with E-state index in [-0.39, 0.29) is 42.2 Å². The van der Waals surface area contributed by atoms with Crippen LogP contribution in [0.4, 0.5) is 0 Å². The number of hydrogen-bond donors (Lipinski definition) is 1. The van der Waals surface area contributed by atoms with E-state index < -0.39 is 9.84 Å². The zero-order chi connectivity index (χ0) is 17.2. The lowest BCUT2D eigenvalue weighted by Gasteiger charge is -2.32. The van der Waals surface area contributed by atoms with Crippen molar-refractivity contribution in [1.29, 1.82) is 0 Å². The molecule has 0 radical (unpaired) electrons. The molecule has 2 heterocycles. The smallest absolute Gasteiger partial charge is 0.253 e. The van der Waals surface area contributed by atoms with E-state index in [0.717, 1.165) is 25.2 Å². The van der Waals surface area contributed by atoms with Gasteiger partial charge in [0.25, 0.3) is 5.91 Å². The molecular weight excluding hydrogens is 397 g/mol.